The lowest BCUT2D eigenvalue weighted by Crippen LogP contribution is -2.05. The molecule has 0 atom stereocenters. The van der Waals surface area contributed by atoms with Crippen LogP contribution in [0.25, 0.3) is 0 Å². The zero-order valence-electron chi connectivity index (χ0n) is 5.81. The first-order valence-corrected chi connectivity index (χ1v) is 3.75. The highest BCUT2D eigenvalue weighted by atomic mass is 16.6. The number of rotatable bonds is 3. The summed E-state index contributed by atoms with van der Waals surface area (Å²) in [6.45, 7) is 0.741. The van der Waals surface area contributed by atoms with Crippen molar-refractivity contribution in [1.29, 1.82) is 0 Å². The first-order valence-electron chi connectivity index (χ1n) is 3.75. The SMILES string of the molecule is NOCCC1CCCC1. The molecule has 1 aliphatic carbocycles. The van der Waals surface area contributed by atoms with Crippen molar-refractivity contribution in [2.24, 2.45) is 11.8 Å². The lowest BCUT2D eigenvalue weighted by atomic mass is 10.1. The summed E-state index contributed by atoms with van der Waals surface area (Å²) in [5.74, 6) is 5.82. The minimum atomic E-state index is 0.741. The quantitative estimate of drug-likeness (QED) is 0.585. The molecule has 1 aliphatic rings. The summed E-state index contributed by atoms with van der Waals surface area (Å²) in [6, 6.07) is 0. The Morgan fingerprint density at radius 3 is 2.56 bits per heavy atom. The molecule has 1 rings (SSSR count). The maximum atomic E-state index is 4.91. The standard InChI is InChI=1S/C7H15NO/c8-9-6-5-7-3-1-2-4-7/h7H,1-6,8H2. The maximum absolute atomic E-state index is 4.91. The fraction of sp³-hybridized carbons (Fsp3) is 1.00. The van der Waals surface area contributed by atoms with Crippen molar-refractivity contribution in [3.8, 4) is 0 Å². The molecule has 0 aliphatic heterocycles. The topological polar surface area (TPSA) is 35.2 Å². The summed E-state index contributed by atoms with van der Waals surface area (Å²) >= 11 is 0. The first kappa shape index (κ1) is 7.03. The second-order valence-electron chi connectivity index (χ2n) is 2.81. The van der Waals surface area contributed by atoms with Gasteiger partial charge in [0.1, 0.15) is 0 Å². The highest BCUT2D eigenvalue weighted by Crippen LogP contribution is 2.26. The van der Waals surface area contributed by atoms with Gasteiger partial charge < -0.3 is 4.84 Å². The summed E-state index contributed by atoms with van der Waals surface area (Å²) in [5, 5.41) is 0. The van der Waals surface area contributed by atoms with Gasteiger partial charge in [-0.1, -0.05) is 25.7 Å². The largest absolute Gasteiger partial charge is 0.305 e. The number of hydrogen-bond acceptors (Lipinski definition) is 2. The van der Waals surface area contributed by atoms with E-state index in [0.29, 0.717) is 0 Å². The second kappa shape index (κ2) is 3.85. The van der Waals surface area contributed by atoms with E-state index >= 15 is 0 Å². The van der Waals surface area contributed by atoms with Crippen LogP contribution in [-0.2, 0) is 4.84 Å². The molecule has 2 nitrogen and oxygen atoms in total. The van der Waals surface area contributed by atoms with Crippen molar-refractivity contribution in [3.05, 3.63) is 0 Å². The van der Waals surface area contributed by atoms with Gasteiger partial charge in [0.2, 0.25) is 0 Å². The molecule has 0 radical (unpaired) electrons. The van der Waals surface area contributed by atoms with Gasteiger partial charge in [-0.15, -0.1) is 0 Å². The van der Waals surface area contributed by atoms with Crippen LogP contribution >= 0.6 is 0 Å². The molecule has 0 aromatic carbocycles. The molecule has 0 bridgehead atoms. The lowest BCUT2D eigenvalue weighted by Gasteiger charge is -2.05. The third-order valence-corrected chi connectivity index (χ3v) is 2.12. The van der Waals surface area contributed by atoms with E-state index in [1.807, 2.05) is 0 Å². The molecular weight excluding hydrogens is 114 g/mol. The highest BCUT2D eigenvalue weighted by Gasteiger charge is 2.13. The van der Waals surface area contributed by atoms with Gasteiger partial charge in [-0.2, -0.15) is 0 Å². The van der Waals surface area contributed by atoms with E-state index in [1.54, 1.807) is 0 Å². The zero-order chi connectivity index (χ0) is 6.53. The van der Waals surface area contributed by atoms with E-state index in [4.69, 9.17) is 5.90 Å². The molecule has 0 aromatic rings. The van der Waals surface area contributed by atoms with Crippen LogP contribution in [-0.4, -0.2) is 6.61 Å². The van der Waals surface area contributed by atoms with Crippen molar-refractivity contribution in [2.45, 2.75) is 32.1 Å². The average molecular weight is 129 g/mol. The smallest absolute Gasteiger partial charge is 0.0681 e. The van der Waals surface area contributed by atoms with Crippen molar-refractivity contribution in [2.75, 3.05) is 6.61 Å². The lowest BCUT2D eigenvalue weighted by molar-refractivity contribution is 0.123. The number of nitrogens with two attached hydrogens (primary N) is 1. The summed E-state index contributed by atoms with van der Waals surface area (Å²) in [4.78, 5) is 4.50. The Labute approximate surface area is 56.3 Å². The molecule has 54 valence electrons. The van der Waals surface area contributed by atoms with Crippen molar-refractivity contribution in [3.63, 3.8) is 0 Å². The molecule has 0 unspecified atom stereocenters. The molecular formula is C7H15NO. The molecule has 1 saturated carbocycles. The monoisotopic (exact) mass is 129 g/mol. The van der Waals surface area contributed by atoms with Gasteiger partial charge >= 0.3 is 0 Å². The highest BCUT2D eigenvalue weighted by molar-refractivity contribution is 4.66. The van der Waals surface area contributed by atoms with E-state index in [9.17, 15) is 0 Å². The molecule has 2 heteroatoms. The molecule has 2 N–H and O–H groups in total. The van der Waals surface area contributed by atoms with Crippen molar-refractivity contribution in [1.82, 2.24) is 0 Å². The van der Waals surface area contributed by atoms with Crippen LogP contribution in [0.5, 0.6) is 0 Å². The van der Waals surface area contributed by atoms with E-state index in [0.717, 1.165) is 18.9 Å². The molecule has 0 amide bonds. The molecule has 0 spiro atoms. The Hall–Kier alpha value is -0.0800. The van der Waals surface area contributed by atoms with E-state index in [2.05, 4.69) is 4.84 Å². The third kappa shape index (κ3) is 2.33. The Morgan fingerprint density at radius 2 is 2.00 bits per heavy atom. The van der Waals surface area contributed by atoms with E-state index in [1.165, 1.54) is 25.7 Å². The van der Waals surface area contributed by atoms with Gasteiger partial charge in [-0.05, 0) is 12.3 Å². The summed E-state index contributed by atoms with van der Waals surface area (Å²) in [7, 11) is 0. The molecule has 0 saturated heterocycles. The van der Waals surface area contributed by atoms with Gasteiger partial charge in [0.05, 0.1) is 6.61 Å². The average Bonchev–Trinajstić information content (AvgIpc) is 2.34. The Kier molecular flexibility index (Phi) is 3.01. The minimum Gasteiger partial charge on any atom is -0.305 e. The van der Waals surface area contributed by atoms with Crippen LogP contribution in [0.1, 0.15) is 32.1 Å². The molecule has 0 aromatic heterocycles. The van der Waals surface area contributed by atoms with Crippen LogP contribution in [0, 0.1) is 5.92 Å². The van der Waals surface area contributed by atoms with E-state index in [-0.39, 0.29) is 0 Å². The van der Waals surface area contributed by atoms with Crippen LogP contribution in [0.2, 0.25) is 0 Å². The fourth-order valence-corrected chi connectivity index (χ4v) is 1.53. The van der Waals surface area contributed by atoms with Crippen LogP contribution < -0.4 is 5.90 Å². The van der Waals surface area contributed by atoms with Crippen molar-refractivity contribution < 1.29 is 4.84 Å². The predicted molar refractivity (Wildman–Crippen MR) is 36.7 cm³/mol. The van der Waals surface area contributed by atoms with Crippen LogP contribution in [0.15, 0.2) is 0 Å². The van der Waals surface area contributed by atoms with Crippen LogP contribution in [0.3, 0.4) is 0 Å². The maximum Gasteiger partial charge on any atom is 0.0681 e. The van der Waals surface area contributed by atoms with Gasteiger partial charge in [-0.3, -0.25) is 0 Å². The molecule has 1 fully saturated rings. The number of hydrogen-bond donors (Lipinski definition) is 1. The predicted octanol–water partition coefficient (Wildman–Crippen LogP) is 1.46. The Bertz CT molecular complexity index is 69.3. The third-order valence-electron chi connectivity index (χ3n) is 2.12. The van der Waals surface area contributed by atoms with E-state index < -0.39 is 0 Å². The van der Waals surface area contributed by atoms with Crippen LogP contribution in [0.4, 0.5) is 0 Å². The zero-order valence-corrected chi connectivity index (χ0v) is 5.81. The fourth-order valence-electron chi connectivity index (χ4n) is 1.53. The summed E-state index contributed by atoms with van der Waals surface area (Å²) < 4.78 is 0. The first-order chi connectivity index (χ1) is 4.43. The Balaban J connectivity index is 1.98. The molecule has 0 heterocycles. The van der Waals surface area contributed by atoms with Gasteiger partial charge in [0.25, 0.3) is 0 Å². The van der Waals surface area contributed by atoms with Gasteiger partial charge in [-0.25, -0.2) is 5.90 Å². The van der Waals surface area contributed by atoms with Crippen molar-refractivity contribution >= 4 is 0 Å². The second-order valence-corrected chi connectivity index (χ2v) is 2.81. The van der Waals surface area contributed by atoms with Gasteiger partial charge in [0, 0.05) is 0 Å². The molecule has 9 heavy (non-hydrogen) atoms. The summed E-state index contributed by atoms with van der Waals surface area (Å²) in [5.41, 5.74) is 0. The Morgan fingerprint density at radius 1 is 1.33 bits per heavy atom. The summed E-state index contributed by atoms with van der Waals surface area (Å²) in [6.07, 6.45) is 6.77. The minimum absolute atomic E-state index is 0.741. The normalized spacial score (nSPS) is 21.0. The van der Waals surface area contributed by atoms with Gasteiger partial charge in [0.15, 0.2) is 0 Å².